The van der Waals surface area contributed by atoms with Gasteiger partial charge in [0.15, 0.2) is 11.0 Å². The molecule has 0 spiro atoms. The largest absolute Gasteiger partial charge is 0.416 e. The van der Waals surface area contributed by atoms with E-state index in [0.29, 0.717) is 18.2 Å². The molecule has 2 aliphatic rings. The third kappa shape index (κ3) is 3.98. The second-order valence-corrected chi connectivity index (χ2v) is 10.1. The summed E-state index contributed by atoms with van der Waals surface area (Å²) in [6.07, 6.45) is -0.366. The topological polar surface area (TPSA) is 59.7 Å². The van der Waals surface area contributed by atoms with Crippen molar-refractivity contribution in [2.24, 2.45) is 18.9 Å². The number of alkyl halides is 3. The molecule has 3 aromatic rings. The van der Waals surface area contributed by atoms with E-state index in [9.17, 15) is 17.6 Å². The maximum Gasteiger partial charge on any atom is 0.416 e. The third-order valence-corrected chi connectivity index (χ3v) is 8.34. The molecule has 1 saturated heterocycles. The number of halogens is 4. The van der Waals surface area contributed by atoms with Crippen molar-refractivity contribution in [2.75, 3.05) is 25.4 Å². The molecule has 11 heteroatoms. The molecule has 1 saturated carbocycles. The van der Waals surface area contributed by atoms with Crippen LogP contribution in [0.4, 0.5) is 17.6 Å². The number of hydrogen-bond acceptors (Lipinski definition) is 6. The van der Waals surface area contributed by atoms with E-state index in [1.165, 1.54) is 6.07 Å². The smallest absolute Gasteiger partial charge is 0.305 e. The van der Waals surface area contributed by atoms with Gasteiger partial charge in [-0.3, -0.25) is 0 Å². The third-order valence-electron chi connectivity index (χ3n) is 7.23. The average Bonchev–Trinajstić information content (AvgIpc) is 3.10. The first kappa shape index (κ1) is 23.2. The van der Waals surface area contributed by atoms with Crippen molar-refractivity contribution in [1.29, 1.82) is 0 Å². The molecule has 0 N–H and O–H groups in total. The fourth-order valence-corrected chi connectivity index (χ4v) is 6.19. The highest BCUT2D eigenvalue weighted by atomic mass is 32.2. The Morgan fingerprint density at radius 1 is 1.18 bits per heavy atom. The molecule has 2 aromatic heterocycles. The van der Waals surface area contributed by atoms with E-state index in [4.69, 9.17) is 0 Å². The summed E-state index contributed by atoms with van der Waals surface area (Å²) in [6.45, 7) is 4.43. The average molecular weight is 493 g/mol. The van der Waals surface area contributed by atoms with Gasteiger partial charge in [0.05, 0.1) is 18.0 Å². The molecule has 0 amide bonds. The number of aromatic nitrogens is 5. The van der Waals surface area contributed by atoms with Gasteiger partial charge >= 0.3 is 6.18 Å². The maximum atomic E-state index is 14.7. The molecule has 3 atom stereocenters. The number of nitrogens with zero attached hydrogens (tertiary/aromatic N) is 6. The predicted octanol–water partition coefficient (Wildman–Crippen LogP) is 4.43. The van der Waals surface area contributed by atoms with Crippen LogP contribution in [0.2, 0.25) is 0 Å². The van der Waals surface area contributed by atoms with Crippen LogP contribution in [0.1, 0.15) is 24.5 Å². The molecule has 0 radical (unpaired) electrons. The summed E-state index contributed by atoms with van der Waals surface area (Å²) in [4.78, 5) is 2.30. The number of benzene rings is 1. The van der Waals surface area contributed by atoms with Crippen LogP contribution in [0.25, 0.3) is 11.4 Å². The van der Waals surface area contributed by atoms with Crippen molar-refractivity contribution in [3.05, 3.63) is 53.6 Å². The van der Waals surface area contributed by atoms with Crippen molar-refractivity contribution in [2.45, 2.75) is 30.1 Å². The zero-order valence-corrected chi connectivity index (χ0v) is 19.6. The second kappa shape index (κ2) is 8.60. The lowest BCUT2D eigenvalue weighted by Crippen LogP contribution is -2.30. The van der Waals surface area contributed by atoms with Gasteiger partial charge in [0, 0.05) is 36.9 Å². The van der Waals surface area contributed by atoms with Gasteiger partial charge in [-0.05, 0) is 48.6 Å². The summed E-state index contributed by atoms with van der Waals surface area (Å²) in [5, 5.41) is 17.0. The van der Waals surface area contributed by atoms with Gasteiger partial charge in [-0.2, -0.15) is 23.4 Å². The molecule has 1 aliphatic heterocycles. The van der Waals surface area contributed by atoms with Gasteiger partial charge in [0.2, 0.25) is 0 Å². The van der Waals surface area contributed by atoms with Crippen LogP contribution >= 0.6 is 11.8 Å². The minimum atomic E-state index is -4.54. The number of piperidine rings is 1. The van der Waals surface area contributed by atoms with Crippen LogP contribution in [0.5, 0.6) is 0 Å². The minimum absolute atomic E-state index is 0.268. The molecular weight excluding hydrogens is 468 g/mol. The van der Waals surface area contributed by atoms with E-state index in [0.717, 1.165) is 47.9 Å². The first-order valence-electron chi connectivity index (χ1n) is 11.1. The maximum absolute atomic E-state index is 14.7. The van der Waals surface area contributed by atoms with E-state index < -0.39 is 17.6 Å². The standard InChI is InChI=1S/C23H24F4N6S/c1-14-18-12-33(13-22(14,18)17-5-4-16(10-19(17)24)23(25,26)27)8-3-9-34-21-31-30-20(32(21)2)15-6-7-28-29-11-15/h4-7,10-11,14,18H,3,8-9,12-13H2,1-2H3/t14-,18+,22-/m0/s1. The zero-order chi connectivity index (χ0) is 24.1. The second-order valence-electron chi connectivity index (χ2n) is 9.06. The van der Waals surface area contributed by atoms with Crippen LogP contribution in [-0.2, 0) is 18.6 Å². The molecule has 1 aliphatic carbocycles. The molecule has 5 rings (SSSR count). The normalized spacial score (nSPS) is 24.4. The van der Waals surface area contributed by atoms with Crippen molar-refractivity contribution >= 4 is 11.8 Å². The quantitative estimate of drug-likeness (QED) is 0.276. The summed E-state index contributed by atoms with van der Waals surface area (Å²) in [5.41, 5.74) is -0.0394. The minimum Gasteiger partial charge on any atom is -0.305 e. The van der Waals surface area contributed by atoms with Crippen LogP contribution in [0, 0.1) is 17.7 Å². The van der Waals surface area contributed by atoms with E-state index in [1.807, 2.05) is 17.7 Å². The Balaban J connectivity index is 1.17. The summed E-state index contributed by atoms with van der Waals surface area (Å²) in [5.74, 6) is 1.38. The number of likely N-dealkylation sites (tertiary alicyclic amines) is 1. The van der Waals surface area contributed by atoms with E-state index in [-0.39, 0.29) is 17.3 Å². The van der Waals surface area contributed by atoms with E-state index in [1.54, 1.807) is 24.2 Å². The van der Waals surface area contributed by atoms with Gasteiger partial charge in [0.1, 0.15) is 5.82 Å². The van der Waals surface area contributed by atoms with Gasteiger partial charge in [-0.15, -0.1) is 10.2 Å². The number of rotatable bonds is 7. The molecular formula is C23H24F4N6S. The lowest BCUT2D eigenvalue weighted by Gasteiger charge is -2.23. The monoisotopic (exact) mass is 492 g/mol. The van der Waals surface area contributed by atoms with Crippen molar-refractivity contribution in [3.63, 3.8) is 0 Å². The van der Waals surface area contributed by atoms with Gasteiger partial charge in [0.25, 0.3) is 0 Å². The Hall–Kier alpha value is -2.53. The van der Waals surface area contributed by atoms with Gasteiger partial charge in [-0.1, -0.05) is 24.8 Å². The predicted molar refractivity (Wildman–Crippen MR) is 120 cm³/mol. The molecule has 0 bridgehead atoms. The highest BCUT2D eigenvalue weighted by Gasteiger charge is 2.67. The number of fused-ring (bicyclic) bond motifs is 1. The van der Waals surface area contributed by atoms with Crippen LogP contribution < -0.4 is 0 Å². The highest BCUT2D eigenvalue weighted by Crippen LogP contribution is 2.64. The number of thioether (sulfide) groups is 1. The SMILES string of the molecule is C[C@H]1[C@H]2CN(CCCSc3nnc(-c4ccnnc4)n3C)C[C@]21c1ccc(C(F)(F)F)cc1F. The molecule has 3 heterocycles. The van der Waals surface area contributed by atoms with Crippen molar-refractivity contribution < 1.29 is 17.6 Å². The van der Waals surface area contributed by atoms with Crippen LogP contribution in [-0.4, -0.2) is 55.2 Å². The lowest BCUT2D eigenvalue weighted by atomic mass is 9.91. The van der Waals surface area contributed by atoms with Crippen molar-refractivity contribution in [1.82, 2.24) is 29.9 Å². The Morgan fingerprint density at radius 2 is 2.00 bits per heavy atom. The lowest BCUT2D eigenvalue weighted by molar-refractivity contribution is -0.137. The zero-order valence-electron chi connectivity index (χ0n) is 18.8. The number of hydrogen-bond donors (Lipinski definition) is 0. The highest BCUT2D eigenvalue weighted by molar-refractivity contribution is 7.99. The Morgan fingerprint density at radius 3 is 2.71 bits per heavy atom. The summed E-state index contributed by atoms with van der Waals surface area (Å²) in [6, 6.07) is 4.83. The molecule has 180 valence electrons. The van der Waals surface area contributed by atoms with Crippen LogP contribution in [0.3, 0.4) is 0 Å². The summed E-state index contributed by atoms with van der Waals surface area (Å²) < 4.78 is 55.5. The summed E-state index contributed by atoms with van der Waals surface area (Å²) in [7, 11) is 1.91. The van der Waals surface area contributed by atoms with Gasteiger partial charge in [-0.25, -0.2) is 4.39 Å². The first-order valence-corrected chi connectivity index (χ1v) is 12.1. The fourth-order valence-electron chi connectivity index (χ4n) is 5.36. The first-order chi connectivity index (χ1) is 16.2. The Bertz CT molecular complexity index is 1180. The van der Waals surface area contributed by atoms with Crippen LogP contribution in [0.15, 0.2) is 41.8 Å². The molecule has 6 nitrogen and oxygen atoms in total. The molecule has 2 fully saturated rings. The van der Waals surface area contributed by atoms with Crippen molar-refractivity contribution in [3.8, 4) is 11.4 Å². The molecule has 0 unspecified atom stereocenters. The van der Waals surface area contributed by atoms with Gasteiger partial charge < -0.3 is 9.47 Å². The van der Waals surface area contributed by atoms with E-state index in [2.05, 4.69) is 32.2 Å². The fraction of sp³-hybridized carbons (Fsp3) is 0.478. The Kier molecular flexibility index (Phi) is 5.87. The molecule has 34 heavy (non-hydrogen) atoms. The summed E-state index contributed by atoms with van der Waals surface area (Å²) >= 11 is 1.62. The Labute approximate surface area is 198 Å². The van der Waals surface area contributed by atoms with E-state index >= 15 is 0 Å². The molecule has 1 aromatic carbocycles.